The number of nitrogens with zero attached hydrogens (tertiary/aromatic N) is 4. The van der Waals surface area contributed by atoms with Crippen molar-refractivity contribution in [1.29, 1.82) is 0 Å². The Morgan fingerprint density at radius 3 is 2.36 bits per heavy atom. The van der Waals surface area contributed by atoms with Crippen LogP contribution in [0.3, 0.4) is 0 Å². The van der Waals surface area contributed by atoms with E-state index in [9.17, 15) is 0 Å². The quantitative estimate of drug-likeness (QED) is 0.858. The molecule has 0 atom stereocenters. The van der Waals surface area contributed by atoms with Gasteiger partial charge in [-0.15, -0.1) is 0 Å². The lowest BCUT2D eigenvalue weighted by molar-refractivity contribution is 0.270. The van der Waals surface area contributed by atoms with Crippen LogP contribution in [0.2, 0.25) is 0 Å². The lowest BCUT2D eigenvalue weighted by Gasteiger charge is -2.34. The molecule has 1 aliphatic rings. The van der Waals surface area contributed by atoms with Crippen LogP contribution in [-0.4, -0.2) is 61.8 Å². The van der Waals surface area contributed by atoms with Crippen LogP contribution < -0.4 is 14.4 Å². The van der Waals surface area contributed by atoms with Crippen molar-refractivity contribution < 1.29 is 9.47 Å². The average Bonchev–Trinajstić information content (AvgIpc) is 2.60. The molecule has 22 heavy (non-hydrogen) atoms. The molecule has 0 saturated carbocycles. The predicted molar refractivity (Wildman–Crippen MR) is 87.0 cm³/mol. The molecule has 118 valence electrons. The summed E-state index contributed by atoms with van der Waals surface area (Å²) in [4.78, 5) is 13.9. The molecule has 0 radical (unpaired) electrons. The fraction of sp³-hybridized carbons (Fsp3) is 0.500. The Morgan fingerprint density at radius 2 is 1.73 bits per heavy atom. The Morgan fingerprint density at radius 1 is 1.05 bits per heavy atom. The Labute approximate surface area is 130 Å². The lowest BCUT2D eigenvalue weighted by atomic mass is 10.2. The van der Waals surface area contributed by atoms with Gasteiger partial charge in [-0.2, -0.15) is 0 Å². The van der Waals surface area contributed by atoms with Crippen molar-refractivity contribution in [2.45, 2.75) is 6.92 Å². The number of rotatable bonds is 4. The third-order valence-corrected chi connectivity index (χ3v) is 4.17. The van der Waals surface area contributed by atoms with Gasteiger partial charge < -0.3 is 19.3 Å². The number of likely N-dealkylation sites (N-methyl/N-ethyl adjacent to an activating group) is 1. The molecule has 0 spiro atoms. The minimum absolute atomic E-state index is 0.690. The van der Waals surface area contributed by atoms with Gasteiger partial charge in [-0.1, -0.05) is 6.92 Å². The summed E-state index contributed by atoms with van der Waals surface area (Å²) in [6, 6.07) is 3.81. The van der Waals surface area contributed by atoms with Gasteiger partial charge in [0.2, 0.25) is 5.95 Å². The minimum Gasteiger partial charge on any atom is -0.493 e. The molecule has 0 aliphatic carbocycles. The van der Waals surface area contributed by atoms with Gasteiger partial charge in [0, 0.05) is 43.8 Å². The number of hydrogen-bond acceptors (Lipinski definition) is 6. The van der Waals surface area contributed by atoms with Gasteiger partial charge in [-0.25, -0.2) is 9.97 Å². The van der Waals surface area contributed by atoms with Crippen molar-refractivity contribution >= 4 is 16.9 Å². The molecular weight excluding hydrogens is 280 g/mol. The van der Waals surface area contributed by atoms with Crippen LogP contribution in [0.25, 0.3) is 10.9 Å². The molecule has 0 amide bonds. The van der Waals surface area contributed by atoms with E-state index >= 15 is 0 Å². The first kappa shape index (κ1) is 14.8. The minimum atomic E-state index is 0.690. The number of ether oxygens (including phenoxy) is 2. The van der Waals surface area contributed by atoms with Gasteiger partial charge in [-0.05, 0) is 12.6 Å². The number of aromatic nitrogens is 2. The van der Waals surface area contributed by atoms with Gasteiger partial charge >= 0.3 is 0 Å². The van der Waals surface area contributed by atoms with Crippen molar-refractivity contribution in [3.05, 3.63) is 18.3 Å². The number of methoxy groups -OCH3 is 2. The first-order valence-corrected chi connectivity index (χ1v) is 7.61. The Kier molecular flexibility index (Phi) is 4.29. The molecular formula is C16H22N4O2. The van der Waals surface area contributed by atoms with Crippen LogP contribution in [0, 0.1) is 0 Å². The zero-order valence-corrected chi connectivity index (χ0v) is 13.4. The number of hydrogen-bond donors (Lipinski definition) is 0. The Hall–Kier alpha value is -2.08. The van der Waals surface area contributed by atoms with Crippen molar-refractivity contribution in [2.75, 3.05) is 51.8 Å². The fourth-order valence-corrected chi connectivity index (χ4v) is 2.76. The second kappa shape index (κ2) is 6.36. The second-order valence-corrected chi connectivity index (χ2v) is 5.36. The smallest absolute Gasteiger partial charge is 0.225 e. The third-order valence-electron chi connectivity index (χ3n) is 4.17. The topological polar surface area (TPSA) is 50.7 Å². The maximum atomic E-state index is 5.35. The zero-order chi connectivity index (χ0) is 15.5. The highest BCUT2D eigenvalue weighted by Crippen LogP contribution is 2.31. The molecule has 1 aromatic heterocycles. The normalized spacial score (nSPS) is 16.0. The van der Waals surface area contributed by atoms with E-state index in [0.717, 1.165) is 49.6 Å². The number of piperazine rings is 1. The molecule has 2 aromatic rings. The van der Waals surface area contributed by atoms with Crippen LogP contribution in [0.15, 0.2) is 18.3 Å². The summed E-state index contributed by atoms with van der Waals surface area (Å²) in [5, 5.41) is 0.952. The first-order valence-electron chi connectivity index (χ1n) is 7.61. The van der Waals surface area contributed by atoms with Crippen LogP contribution >= 0.6 is 0 Å². The predicted octanol–water partition coefficient (Wildman–Crippen LogP) is 1.79. The zero-order valence-electron chi connectivity index (χ0n) is 13.4. The van der Waals surface area contributed by atoms with Gasteiger partial charge in [0.05, 0.1) is 19.7 Å². The molecule has 1 fully saturated rings. The molecule has 3 rings (SSSR count). The summed E-state index contributed by atoms with van der Waals surface area (Å²) >= 11 is 0. The highest BCUT2D eigenvalue weighted by molar-refractivity contribution is 5.82. The van der Waals surface area contributed by atoms with E-state index in [0.29, 0.717) is 11.5 Å². The SMILES string of the molecule is CCN1CCN(c2ncc3cc(OC)c(OC)cc3n2)CC1. The molecule has 1 saturated heterocycles. The molecule has 6 heteroatoms. The van der Waals surface area contributed by atoms with Crippen LogP contribution in [0.1, 0.15) is 6.92 Å². The third kappa shape index (κ3) is 2.78. The summed E-state index contributed by atoms with van der Waals surface area (Å²) in [6.45, 7) is 7.35. The van der Waals surface area contributed by atoms with Crippen LogP contribution in [0.5, 0.6) is 11.5 Å². The van der Waals surface area contributed by atoms with Crippen molar-refractivity contribution in [2.24, 2.45) is 0 Å². The van der Waals surface area contributed by atoms with E-state index in [-0.39, 0.29) is 0 Å². The van der Waals surface area contributed by atoms with E-state index in [4.69, 9.17) is 14.5 Å². The van der Waals surface area contributed by atoms with E-state index in [1.54, 1.807) is 14.2 Å². The maximum Gasteiger partial charge on any atom is 0.225 e. The second-order valence-electron chi connectivity index (χ2n) is 5.36. The fourth-order valence-electron chi connectivity index (χ4n) is 2.76. The van der Waals surface area contributed by atoms with Crippen molar-refractivity contribution in [3.8, 4) is 11.5 Å². The summed E-state index contributed by atoms with van der Waals surface area (Å²) in [6.07, 6.45) is 1.85. The monoisotopic (exact) mass is 302 g/mol. The highest BCUT2D eigenvalue weighted by atomic mass is 16.5. The number of benzene rings is 1. The highest BCUT2D eigenvalue weighted by Gasteiger charge is 2.18. The number of fused-ring (bicyclic) bond motifs is 1. The van der Waals surface area contributed by atoms with Gasteiger partial charge in [-0.3, -0.25) is 0 Å². The summed E-state index contributed by atoms with van der Waals surface area (Å²) in [7, 11) is 3.27. The molecule has 1 aromatic carbocycles. The van der Waals surface area contributed by atoms with E-state index in [1.807, 2.05) is 18.3 Å². The summed E-state index contributed by atoms with van der Waals surface area (Å²) in [5.74, 6) is 2.17. The van der Waals surface area contributed by atoms with E-state index < -0.39 is 0 Å². The molecule has 1 aliphatic heterocycles. The Bertz CT molecular complexity index is 654. The van der Waals surface area contributed by atoms with Gasteiger partial charge in [0.25, 0.3) is 0 Å². The molecule has 0 N–H and O–H groups in total. The summed E-state index contributed by atoms with van der Waals surface area (Å²) in [5.41, 5.74) is 0.876. The standard InChI is InChI=1S/C16H22N4O2/c1-4-19-5-7-20(8-6-19)16-17-11-12-9-14(21-2)15(22-3)10-13(12)18-16/h9-11H,4-8H2,1-3H3. The van der Waals surface area contributed by atoms with Gasteiger partial charge in [0.1, 0.15) is 0 Å². The largest absolute Gasteiger partial charge is 0.493 e. The number of anilines is 1. The van der Waals surface area contributed by atoms with Gasteiger partial charge in [0.15, 0.2) is 11.5 Å². The maximum absolute atomic E-state index is 5.35. The van der Waals surface area contributed by atoms with Crippen LogP contribution in [-0.2, 0) is 0 Å². The van der Waals surface area contributed by atoms with E-state index in [2.05, 4.69) is 21.7 Å². The summed E-state index contributed by atoms with van der Waals surface area (Å²) < 4.78 is 10.7. The molecule has 0 bridgehead atoms. The Balaban J connectivity index is 1.89. The van der Waals surface area contributed by atoms with Crippen molar-refractivity contribution in [1.82, 2.24) is 14.9 Å². The van der Waals surface area contributed by atoms with Crippen LogP contribution in [0.4, 0.5) is 5.95 Å². The first-order chi connectivity index (χ1) is 10.7. The molecule has 6 nitrogen and oxygen atoms in total. The molecule has 2 heterocycles. The molecule has 0 unspecified atom stereocenters. The average molecular weight is 302 g/mol. The van der Waals surface area contributed by atoms with E-state index in [1.165, 1.54) is 0 Å². The lowest BCUT2D eigenvalue weighted by Crippen LogP contribution is -2.46. The van der Waals surface area contributed by atoms with Crippen molar-refractivity contribution in [3.63, 3.8) is 0 Å².